The Hall–Kier alpha value is -1.33. The minimum atomic E-state index is -0.472. The number of thiophene rings is 1. The molecule has 1 atom stereocenters. The van der Waals surface area contributed by atoms with E-state index in [1.165, 1.54) is 11.3 Å². The second-order valence-electron chi connectivity index (χ2n) is 3.85. The zero-order valence-corrected chi connectivity index (χ0v) is 10.8. The maximum Gasteiger partial charge on any atom is 0.135 e. The van der Waals surface area contributed by atoms with Gasteiger partial charge in [0.15, 0.2) is 0 Å². The average molecular weight is 252 g/mol. The van der Waals surface area contributed by atoms with Gasteiger partial charge >= 0.3 is 0 Å². The van der Waals surface area contributed by atoms with Gasteiger partial charge in [0.2, 0.25) is 0 Å². The smallest absolute Gasteiger partial charge is 0.135 e. The Morgan fingerprint density at radius 2 is 2.35 bits per heavy atom. The van der Waals surface area contributed by atoms with Crippen LogP contribution < -0.4 is 4.74 Å². The standard InChI is InChI=1S/C12H16N2O2S/c1-14-9(5-7-13-14)3-4-10(15)12-11(16-2)6-8-17-12/h5-8,10,15H,3-4H2,1-2H3. The molecule has 2 heterocycles. The van der Waals surface area contributed by atoms with E-state index in [2.05, 4.69) is 5.10 Å². The van der Waals surface area contributed by atoms with Crippen molar-refractivity contribution in [2.24, 2.45) is 7.05 Å². The normalized spacial score (nSPS) is 12.6. The van der Waals surface area contributed by atoms with E-state index in [4.69, 9.17) is 4.74 Å². The Kier molecular flexibility index (Phi) is 3.81. The number of hydrogen-bond acceptors (Lipinski definition) is 4. The van der Waals surface area contributed by atoms with E-state index in [1.807, 2.05) is 29.2 Å². The number of aliphatic hydroxyl groups is 1. The quantitative estimate of drug-likeness (QED) is 0.887. The first-order valence-corrected chi connectivity index (χ1v) is 6.36. The van der Waals surface area contributed by atoms with Crippen LogP contribution in [0.5, 0.6) is 5.75 Å². The van der Waals surface area contributed by atoms with Gasteiger partial charge in [-0.25, -0.2) is 0 Å². The molecule has 0 fully saturated rings. The van der Waals surface area contributed by atoms with Crippen LogP contribution in [-0.2, 0) is 13.5 Å². The van der Waals surface area contributed by atoms with Gasteiger partial charge in [-0.3, -0.25) is 4.68 Å². The topological polar surface area (TPSA) is 47.3 Å². The molecule has 0 radical (unpaired) electrons. The minimum absolute atomic E-state index is 0.472. The molecule has 0 aliphatic rings. The maximum atomic E-state index is 10.1. The average Bonchev–Trinajstić information content (AvgIpc) is 2.94. The van der Waals surface area contributed by atoms with Crippen molar-refractivity contribution in [3.05, 3.63) is 34.3 Å². The first kappa shape index (κ1) is 12.1. The number of aromatic nitrogens is 2. The monoisotopic (exact) mass is 252 g/mol. The molecular formula is C12H16N2O2S. The van der Waals surface area contributed by atoms with Crippen LogP contribution in [-0.4, -0.2) is 22.0 Å². The zero-order chi connectivity index (χ0) is 12.3. The molecular weight excluding hydrogens is 236 g/mol. The van der Waals surface area contributed by atoms with Crippen LogP contribution in [0.3, 0.4) is 0 Å². The molecule has 2 aromatic rings. The number of rotatable bonds is 5. The summed E-state index contributed by atoms with van der Waals surface area (Å²) in [5.74, 6) is 0.771. The number of nitrogens with zero attached hydrogens (tertiary/aromatic N) is 2. The highest BCUT2D eigenvalue weighted by molar-refractivity contribution is 7.10. The van der Waals surface area contributed by atoms with E-state index in [-0.39, 0.29) is 0 Å². The second-order valence-corrected chi connectivity index (χ2v) is 4.80. The van der Waals surface area contributed by atoms with Crippen LogP contribution in [0.15, 0.2) is 23.7 Å². The van der Waals surface area contributed by atoms with Gasteiger partial charge in [0.1, 0.15) is 5.75 Å². The van der Waals surface area contributed by atoms with Crippen LogP contribution in [0.2, 0.25) is 0 Å². The molecule has 0 aliphatic carbocycles. The molecule has 1 N–H and O–H groups in total. The predicted molar refractivity (Wildman–Crippen MR) is 67.4 cm³/mol. The molecule has 2 aromatic heterocycles. The molecule has 1 unspecified atom stereocenters. The minimum Gasteiger partial charge on any atom is -0.495 e. The van der Waals surface area contributed by atoms with Crippen molar-refractivity contribution in [3.8, 4) is 5.75 Å². The molecule has 0 aromatic carbocycles. The molecule has 2 rings (SSSR count). The summed E-state index contributed by atoms with van der Waals surface area (Å²) in [4.78, 5) is 0.898. The fraction of sp³-hybridized carbons (Fsp3) is 0.417. The first-order chi connectivity index (χ1) is 8.22. The van der Waals surface area contributed by atoms with E-state index in [0.717, 1.165) is 22.7 Å². The number of aryl methyl sites for hydroxylation is 2. The van der Waals surface area contributed by atoms with Crippen molar-refractivity contribution >= 4 is 11.3 Å². The summed E-state index contributed by atoms with van der Waals surface area (Å²) in [6.45, 7) is 0. The molecule has 0 aliphatic heterocycles. The first-order valence-electron chi connectivity index (χ1n) is 5.48. The van der Waals surface area contributed by atoms with Gasteiger partial charge in [-0.2, -0.15) is 5.10 Å². The van der Waals surface area contributed by atoms with Crippen molar-refractivity contribution in [2.75, 3.05) is 7.11 Å². The molecule has 5 heteroatoms. The zero-order valence-electron chi connectivity index (χ0n) is 9.96. The van der Waals surface area contributed by atoms with Gasteiger partial charge in [0.05, 0.1) is 18.1 Å². The van der Waals surface area contributed by atoms with Crippen LogP contribution in [0.1, 0.15) is 23.1 Å². The third kappa shape index (κ3) is 2.68. The van der Waals surface area contributed by atoms with Crippen molar-refractivity contribution in [1.82, 2.24) is 9.78 Å². The summed E-state index contributed by atoms with van der Waals surface area (Å²) < 4.78 is 7.03. The summed E-state index contributed by atoms with van der Waals surface area (Å²) in [5.41, 5.74) is 1.12. The largest absolute Gasteiger partial charge is 0.495 e. The Labute approximate surface area is 104 Å². The SMILES string of the molecule is COc1ccsc1C(O)CCc1ccnn1C. The molecule has 0 bridgehead atoms. The third-order valence-electron chi connectivity index (χ3n) is 2.78. The van der Waals surface area contributed by atoms with E-state index < -0.39 is 6.10 Å². The second kappa shape index (κ2) is 5.33. The molecule has 0 saturated carbocycles. The highest BCUT2D eigenvalue weighted by Gasteiger charge is 2.15. The van der Waals surface area contributed by atoms with E-state index in [1.54, 1.807) is 13.3 Å². The molecule has 92 valence electrons. The number of methoxy groups -OCH3 is 1. The number of ether oxygens (including phenoxy) is 1. The van der Waals surface area contributed by atoms with Crippen LogP contribution in [0.25, 0.3) is 0 Å². The molecule has 0 amide bonds. The fourth-order valence-corrected chi connectivity index (χ4v) is 2.66. The van der Waals surface area contributed by atoms with Crippen molar-refractivity contribution in [2.45, 2.75) is 18.9 Å². The Morgan fingerprint density at radius 3 is 3.00 bits per heavy atom. The van der Waals surface area contributed by atoms with E-state index in [9.17, 15) is 5.11 Å². The lowest BCUT2D eigenvalue weighted by atomic mass is 10.1. The summed E-state index contributed by atoms with van der Waals surface area (Å²) in [6.07, 6.45) is 2.78. The molecule has 0 spiro atoms. The summed E-state index contributed by atoms with van der Waals surface area (Å²) in [7, 11) is 3.53. The lowest BCUT2D eigenvalue weighted by Crippen LogP contribution is -2.03. The van der Waals surface area contributed by atoms with Crippen LogP contribution >= 0.6 is 11.3 Å². The lowest BCUT2D eigenvalue weighted by molar-refractivity contribution is 0.167. The highest BCUT2D eigenvalue weighted by atomic mass is 32.1. The summed E-state index contributed by atoms with van der Waals surface area (Å²) in [5, 5.41) is 16.1. The van der Waals surface area contributed by atoms with E-state index >= 15 is 0 Å². The maximum absolute atomic E-state index is 10.1. The highest BCUT2D eigenvalue weighted by Crippen LogP contribution is 2.32. The van der Waals surface area contributed by atoms with Gasteiger partial charge in [-0.15, -0.1) is 11.3 Å². The molecule has 4 nitrogen and oxygen atoms in total. The van der Waals surface area contributed by atoms with Gasteiger partial charge in [-0.05, 0) is 30.4 Å². The summed E-state index contributed by atoms with van der Waals surface area (Å²) in [6, 6.07) is 3.85. The van der Waals surface area contributed by atoms with Crippen molar-refractivity contribution < 1.29 is 9.84 Å². The van der Waals surface area contributed by atoms with E-state index in [0.29, 0.717) is 6.42 Å². The van der Waals surface area contributed by atoms with Crippen LogP contribution in [0.4, 0.5) is 0 Å². The predicted octanol–water partition coefficient (Wildman–Crippen LogP) is 2.16. The molecule has 0 saturated heterocycles. The van der Waals surface area contributed by atoms with Gasteiger partial charge in [0.25, 0.3) is 0 Å². The molecule has 17 heavy (non-hydrogen) atoms. The van der Waals surface area contributed by atoms with Gasteiger partial charge < -0.3 is 9.84 Å². The Morgan fingerprint density at radius 1 is 1.53 bits per heavy atom. The third-order valence-corrected chi connectivity index (χ3v) is 3.78. The van der Waals surface area contributed by atoms with Crippen molar-refractivity contribution in [3.63, 3.8) is 0 Å². The Bertz CT molecular complexity index is 478. The van der Waals surface area contributed by atoms with Gasteiger partial charge in [-0.1, -0.05) is 0 Å². The number of aliphatic hydroxyl groups excluding tert-OH is 1. The fourth-order valence-electron chi connectivity index (χ4n) is 1.78. The van der Waals surface area contributed by atoms with Gasteiger partial charge in [0, 0.05) is 18.9 Å². The summed E-state index contributed by atoms with van der Waals surface area (Å²) >= 11 is 1.53. The Balaban J connectivity index is 1.98. The number of hydrogen-bond donors (Lipinski definition) is 1. The van der Waals surface area contributed by atoms with Crippen molar-refractivity contribution in [1.29, 1.82) is 0 Å². The lowest BCUT2D eigenvalue weighted by Gasteiger charge is -2.10. The van der Waals surface area contributed by atoms with Crippen LogP contribution in [0, 0.1) is 0 Å².